The van der Waals surface area contributed by atoms with Gasteiger partial charge in [-0.3, -0.25) is 14.4 Å². The fraction of sp³-hybridized carbons (Fsp3) is 0.333. The summed E-state index contributed by atoms with van der Waals surface area (Å²) in [5.41, 5.74) is 11.7. The predicted molar refractivity (Wildman–Crippen MR) is 133 cm³/mol. The van der Waals surface area contributed by atoms with Crippen LogP contribution in [0.25, 0.3) is 0 Å². The van der Waals surface area contributed by atoms with Gasteiger partial charge in [-0.15, -0.1) is 0 Å². The van der Waals surface area contributed by atoms with E-state index in [1.807, 2.05) is 0 Å². The van der Waals surface area contributed by atoms with E-state index >= 15 is 0 Å². The van der Waals surface area contributed by atoms with E-state index in [2.05, 4.69) is 9.69 Å². The monoisotopic (exact) mass is 515 g/mol. The molecule has 0 spiro atoms. The summed E-state index contributed by atoms with van der Waals surface area (Å²) < 4.78 is 9.79. The maximum Gasteiger partial charge on any atom is 0.270 e. The quantitative estimate of drug-likeness (QED) is 0.416. The maximum atomic E-state index is 13.9. The van der Waals surface area contributed by atoms with Crippen molar-refractivity contribution in [2.45, 2.75) is 51.2 Å². The van der Waals surface area contributed by atoms with Crippen molar-refractivity contribution in [2.75, 3.05) is 5.73 Å². The third kappa shape index (κ3) is 5.33. The molecule has 0 saturated heterocycles. The topological polar surface area (TPSA) is 145 Å². The van der Waals surface area contributed by atoms with Gasteiger partial charge in [0.25, 0.3) is 17.7 Å². The van der Waals surface area contributed by atoms with Gasteiger partial charge in [-0.25, -0.2) is 0 Å². The molecule has 4 rings (SSSR count). The van der Waals surface area contributed by atoms with Crippen LogP contribution in [0, 0.1) is 6.92 Å². The molecule has 1 aliphatic carbocycles. The molecule has 1 aromatic carbocycles. The van der Waals surface area contributed by atoms with Crippen LogP contribution >= 0.6 is 23.1 Å². The van der Waals surface area contributed by atoms with Gasteiger partial charge < -0.3 is 26.1 Å². The lowest BCUT2D eigenvalue weighted by molar-refractivity contribution is -0.127. The van der Waals surface area contributed by atoms with E-state index in [1.54, 1.807) is 43.3 Å². The van der Waals surface area contributed by atoms with Gasteiger partial charge in [0.15, 0.2) is 11.7 Å². The van der Waals surface area contributed by atoms with Gasteiger partial charge in [-0.05, 0) is 55.1 Å². The molecule has 2 aromatic heterocycles. The molecular weight excluding hydrogens is 490 g/mol. The Morgan fingerprint density at radius 3 is 2.54 bits per heavy atom. The molecule has 35 heavy (non-hydrogen) atoms. The fourth-order valence-electron chi connectivity index (χ4n) is 4.23. The van der Waals surface area contributed by atoms with Gasteiger partial charge in [-0.2, -0.15) is 4.37 Å². The van der Waals surface area contributed by atoms with E-state index in [0.717, 1.165) is 37.2 Å². The minimum Gasteiger partial charge on any atom is -0.464 e. The van der Waals surface area contributed by atoms with Crippen molar-refractivity contribution in [1.82, 2.24) is 14.6 Å². The molecule has 1 fully saturated rings. The normalized spacial score (nSPS) is 14.6. The van der Waals surface area contributed by atoms with Crippen LogP contribution in [-0.2, 0) is 11.3 Å². The molecule has 5 N–H and O–H groups in total. The van der Waals surface area contributed by atoms with Gasteiger partial charge in [0, 0.05) is 17.6 Å². The zero-order chi connectivity index (χ0) is 25.1. The van der Waals surface area contributed by atoms with Crippen molar-refractivity contribution in [1.29, 1.82) is 0 Å². The summed E-state index contributed by atoms with van der Waals surface area (Å²) in [7, 11) is 0. The lowest BCUT2D eigenvalue weighted by Gasteiger charge is -2.31. The van der Waals surface area contributed by atoms with E-state index in [-0.39, 0.29) is 34.8 Å². The number of primary amides is 1. The summed E-state index contributed by atoms with van der Waals surface area (Å²) in [6.07, 6.45) is 3.81. The summed E-state index contributed by atoms with van der Waals surface area (Å²) >= 11 is 7.17. The van der Waals surface area contributed by atoms with E-state index in [1.165, 1.54) is 4.90 Å². The lowest BCUT2D eigenvalue weighted by atomic mass is 10.1. The number of nitrogen functional groups attached to an aromatic ring is 1. The van der Waals surface area contributed by atoms with Crippen molar-refractivity contribution in [3.8, 4) is 0 Å². The number of benzene rings is 1. The second-order valence-electron chi connectivity index (χ2n) is 8.50. The smallest absolute Gasteiger partial charge is 0.270 e. The number of anilines is 1. The first-order valence-electron chi connectivity index (χ1n) is 11.2. The van der Waals surface area contributed by atoms with Crippen molar-refractivity contribution >= 4 is 46.5 Å². The third-order valence-electron chi connectivity index (χ3n) is 6.01. The van der Waals surface area contributed by atoms with Crippen molar-refractivity contribution in [3.63, 3.8) is 0 Å². The van der Waals surface area contributed by atoms with Crippen LogP contribution in [0.1, 0.15) is 69.0 Å². The van der Waals surface area contributed by atoms with Crippen molar-refractivity contribution in [3.05, 3.63) is 69.1 Å². The maximum absolute atomic E-state index is 13.9. The summed E-state index contributed by atoms with van der Waals surface area (Å²) in [5.74, 6) is -0.903. The number of furan rings is 1. The minimum atomic E-state index is -1.10. The molecule has 0 bridgehead atoms. The highest BCUT2D eigenvalue weighted by Crippen LogP contribution is 2.32. The molecule has 1 unspecified atom stereocenters. The molecule has 0 radical (unpaired) electrons. The van der Waals surface area contributed by atoms with Crippen LogP contribution in [0.15, 0.2) is 40.8 Å². The molecule has 3 amide bonds. The number of hydrogen-bond acceptors (Lipinski definition) is 7. The molecule has 1 saturated carbocycles. The third-order valence-corrected chi connectivity index (χ3v) is 7.23. The Balaban J connectivity index is 1.79. The van der Waals surface area contributed by atoms with Gasteiger partial charge in [0.05, 0.1) is 5.69 Å². The van der Waals surface area contributed by atoms with E-state index in [4.69, 9.17) is 27.5 Å². The number of rotatable bonds is 8. The molecule has 184 valence electrons. The van der Waals surface area contributed by atoms with E-state index in [0.29, 0.717) is 22.1 Å². The molecule has 2 heterocycles. The summed E-state index contributed by atoms with van der Waals surface area (Å²) in [6, 6.07) is 9.37. The Bertz CT molecular complexity index is 1250. The molecule has 11 heteroatoms. The van der Waals surface area contributed by atoms with Crippen LogP contribution in [-0.4, -0.2) is 33.0 Å². The van der Waals surface area contributed by atoms with Crippen LogP contribution < -0.4 is 16.8 Å². The fourth-order valence-corrected chi connectivity index (χ4v) is 5.18. The summed E-state index contributed by atoms with van der Waals surface area (Å²) in [4.78, 5) is 40.6. The number of aromatic nitrogens is 1. The first-order chi connectivity index (χ1) is 16.8. The number of nitrogens with zero attached hydrogens (tertiary/aromatic N) is 2. The van der Waals surface area contributed by atoms with Gasteiger partial charge in [-0.1, -0.05) is 42.6 Å². The second-order valence-corrected chi connectivity index (χ2v) is 9.68. The summed E-state index contributed by atoms with van der Waals surface area (Å²) in [6.45, 7) is 1.75. The molecule has 0 aliphatic heterocycles. The highest BCUT2D eigenvalue weighted by molar-refractivity contribution is 7.09. The SMILES string of the molecule is Cc1ccc(C(C(=O)NC2CCCC2)N(Cc2ccccc2Cl)C(=O)c2snc(C(N)=O)c2N)o1. The van der Waals surface area contributed by atoms with Gasteiger partial charge in [0.2, 0.25) is 0 Å². The average Bonchev–Trinajstić information content (AvgIpc) is 3.56. The molecule has 1 atom stereocenters. The first-order valence-corrected chi connectivity index (χ1v) is 12.4. The number of carbonyl (C=O) groups is 3. The van der Waals surface area contributed by atoms with E-state index in [9.17, 15) is 14.4 Å². The zero-order valence-electron chi connectivity index (χ0n) is 19.1. The Labute approximate surface area is 211 Å². The highest BCUT2D eigenvalue weighted by atomic mass is 35.5. The van der Waals surface area contributed by atoms with Gasteiger partial charge >= 0.3 is 0 Å². The second kappa shape index (κ2) is 10.5. The molecular formula is C24H26ClN5O4S. The standard InChI is InChI=1S/C24H26ClN5O4S/c1-13-10-11-17(34-13)20(23(32)28-15-7-3-4-8-15)30(12-14-6-2-5-9-16(14)25)24(33)21-18(26)19(22(27)31)29-35-21/h2,5-6,9-11,15,20H,3-4,7-8,12,26H2,1H3,(H2,27,31)(H,28,32). The lowest BCUT2D eigenvalue weighted by Crippen LogP contribution is -2.45. The Kier molecular flexibility index (Phi) is 7.42. The Hall–Kier alpha value is -3.37. The molecule has 1 aliphatic rings. The number of carbonyl (C=O) groups excluding carboxylic acids is 3. The number of amides is 3. The average molecular weight is 516 g/mol. The zero-order valence-corrected chi connectivity index (χ0v) is 20.7. The predicted octanol–water partition coefficient (Wildman–Crippen LogP) is 3.82. The first kappa shape index (κ1) is 24.7. The number of nitrogens with one attached hydrogen (secondary N) is 1. The summed E-state index contributed by atoms with van der Waals surface area (Å²) in [5, 5.41) is 3.50. The van der Waals surface area contributed by atoms with E-state index < -0.39 is 17.9 Å². The van der Waals surface area contributed by atoms with Crippen molar-refractivity contribution < 1.29 is 18.8 Å². The number of aryl methyl sites for hydroxylation is 1. The molecule has 3 aromatic rings. The van der Waals surface area contributed by atoms with Crippen LogP contribution in [0.5, 0.6) is 0 Å². The number of halogens is 1. The number of nitrogens with two attached hydrogens (primary N) is 2. The van der Waals surface area contributed by atoms with Crippen LogP contribution in [0.2, 0.25) is 5.02 Å². The number of hydrogen-bond donors (Lipinski definition) is 3. The van der Waals surface area contributed by atoms with Crippen molar-refractivity contribution in [2.24, 2.45) is 5.73 Å². The highest BCUT2D eigenvalue weighted by Gasteiger charge is 2.38. The minimum absolute atomic E-state index is 0.00722. The van der Waals surface area contributed by atoms with Crippen LogP contribution in [0.4, 0.5) is 5.69 Å². The Morgan fingerprint density at radius 1 is 1.23 bits per heavy atom. The molecule has 9 nitrogen and oxygen atoms in total. The van der Waals surface area contributed by atoms with Crippen LogP contribution in [0.3, 0.4) is 0 Å². The Morgan fingerprint density at radius 2 is 1.94 bits per heavy atom. The largest absolute Gasteiger partial charge is 0.464 e. The van der Waals surface area contributed by atoms with Gasteiger partial charge in [0.1, 0.15) is 16.4 Å².